The Labute approximate surface area is 129 Å². The lowest BCUT2D eigenvalue weighted by atomic mass is 10.1. The van der Waals surface area contributed by atoms with E-state index in [0.29, 0.717) is 16.5 Å². The van der Waals surface area contributed by atoms with E-state index in [4.69, 9.17) is 0 Å². The maximum atomic E-state index is 12.1. The van der Waals surface area contributed by atoms with Crippen LogP contribution in [0.2, 0.25) is 0 Å². The molecule has 0 unspecified atom stereocenters. The van der Waals surface area contributed by atoms with Crippen molar-refractivity contribution in [2.45, 2.75) is 12.6 Å². The van der Waals surface area contributed by atoms with Gasteiger partial charge < -0.3 is 5.11 Å². The van der Waals surface area contributed by atoms with E-state index in [1.807, 2.05) is 0 Å². The number of aliphatic hydroxyl groups is 1. The number of rotatable bonds is 4. The quantitative estimate of drug-likeness (QED) is 0.561. The molecule has 9 nitrogen and oxygen atoms in total. The summed E-state index contributed by atoms with van der Waals surface area (Å²) in [5.74, 6) is 0. The Kier molecular flexibility index (Phi) is 3.62. The first-order chi connectivity index (χ1) is 11.0. The van der Waals surface area contributed by atoms with Crippen LogP contribution in [-0.4, -0.2) is 29.6 Å². The van der Waals surface area contributed by atoms with Gasteiger partial charge in [0.25, 0.3) is 11.2 Å². The van der Waals surface area contributed by atoms with Gasteiger partial charge in [0.15, 0.2) is 0 Å². The molecule has 9 heteroatoms. The minimum absolute atomic E-state index is 0.00389. The fourth-order valence-electron chi connectivity index (χ4n) is 2.34. The summed E-state index contributed by atoms with van der Waals surface area (Å²) in [6.45, 7) is 0.00389. The van der Waals surface area contributed by atoms with Crippen molar-refractivity contribution >= 4 is 16.6 Å². The average Bonchev–Trinajstić information content (AvgIpc) is 2.94. The molecule has 3 rings (SSSR count). The largest absolute Gasteiger partial charge is 0.386 e. The summed E-state index contributed by atoms with van der Waals surface area (Å²) in [6, 6.07) is 5.74. The molecule has 0 aliphatic rings. The molecule has 2 aromatic heterocycles. The van der Waals surface area contributed by atoms with Crippen LogP contribution in [-0.2, 0) is 13.6 Å². The van der Waals surface area contributed by atoms with Gasteiger partial charge in [-0.25, -0.2) is 4.68 Å². The lowest BCUT2D eigenvalue weighted by Crippen LogP contribution is -2.22. The van der Waals surface area contributed by atoms with Crippen molar-refractivity contribution in [2.75, 3.05) is 0 Å². The molecule has 0 radical (unpaired) electrons. The maximum absolute atomic E-state index is 12.1. The number of hydrogen-bond donors (Lipinski definition) is 1. The van der Waals surface area contributed by atoms with Crippen LogP contribution in [0.4, 0.5) is 5.69 Å². The molecule has 0 aliphatic carbocycles. The van der Waals surface area contributed by atoms with Crippen LogP contribution in [0.5, 0.6) is 0 Å². The van der Waals surface area contributed by atoms with Crippen molar-refractivity contribution < 1.29 is 10.0 Å². The molecular formula is C14H13N5O4. The molecule has 23 heavy (non-hydrogen) atoms. The number of nitro groups is 1. The zero-order valence-electron chi connectivity index (χ0n) is 12.2. The van der Waals surface area contributed by atoms with Crippen molar-refractivity contribution in [3.8, 4) is 0 Å². The molecule has 0 fully saturated rings. The van der Waals surface area contributed by atoms with Gasteiger partial charge in [-0.15, -0.1) is 0 Å². The number of nitrogens with zero attached hydrogens (tertiary/aromatic N) is 5. The lowest BCUT2D eigenvalue weighted by Gasteiger charge is -2.11. The van der Waals surface area contributed by atoms with Crippen LogP contribution in [0.25, 0.3) is 10.9 Å². The second-order valence-electron chi connectivity index (χ2n) is 5.07. The highest BCUT2D eigenvalue weighted by Gasteiger charge is 2.16. The molecule has 1 aromatic carbocycles. The standard InChI is InChI=1S/C14H13N5O4/c1-17-14(21)13-10(6-15-17)7-16-18(13)8-12(20)9-3-2-4-11(5-9)19(22)23/h2-7,12,20H,8H2,1H3/t12-/m1/s1. The molecule has 1 N–H and O–H groups in total. The van der Waals surface area contributed by atoms with Crippen molar-refractivity contribution in [1.29, 1.82) is 0 Å². The second kappa shape index (κ2) is 5.61. The van der Waals surface area contributed by atoms with Gasteiger partial charge in [-0.2, -0.15) is 10.2 Å². The highest BCUT2D eigenvalue weighted by molar-refractivity contribution is 5.76. The summed E-state index contributed by atoms with van der Waals surface area (Å²) < 4.78 is 2.56. The van der Waals surface area contributed by atoms with Gasteiger partial charge in [0, 0.05) is 24.6 Å². The summed E-state index contributed by atoms with van der Waals surface area (Å²) in [5.41, 5.74) is 0.277. The number of aliphatic hydroxyl groups excluding tert-OH is 1. The van der Waals surface area contributed by atoms with Gasteiger partial charge in [-0.3, -0.25) is 19.6 Å². The Hall–Kier alpha value is -3.07. The predicted octanol–water partition coefficient (Wildman–Crippen LogP) is 0.772. The Morgan fingerprint density at radius 1 is 1.35 bits per heavy atom. The van der Waals surface area contributed by atoms with E-state index in [-0.39, 0.29) is 17.8 Å². The monoisotopic (exact) mass is 315 g/mol. The summed E-state index contributed by atoms with van der Waals surface area (Å²) in [4.78, 5) is 22.4. The molecule has 1 atom stereocenters. The number of aryl methyl sites for hydroxylation is 1. The zero-order valence-corrected chi connectivity index (χ0v) is 12.2. The normalized spacial score (nSPS) is 12.4. The lowest BCUT2D eigenvalue weighted by molar-refractivity contribution is -0.385. The first-order valence-electron chi connectivity index (χ1n) is 6.77. The Balaban J connectivity index is 1.96. The fraction of sp³-hybridized carbons (Fsp3) is 0.214. The molecule has 0 bridgehead atoms. The van der Waals surface area contributed by atoms with Crippen LogP contribution in [0, 0.1) is 10.1 Å². The third kappa shape index (κ3) is 2.69. The SMILES string of the molecule is Cn1ncc2cnn(C[C@@H](O)c3cccc([N+](=O)[O-])c3)c2c1=O. The topological polar surface area (TPSA) is 116 Å². The van der Waals surface area contributed by atoms with Crippen molar-refractivity contribution in [3.05, 3.63) is 62.7 Å². The number of hydrogen-bond acceptors (Lipinski definition) is 6. The Morgan fingerprint density at radius 3 is 2.83 bits per heavy atom. The zero-order chi connectivity index (χ0) is 16.6. The smallest absolute Gasteiger partial charge is 0.292 e. The van der Waals surface area contributed by atoms with E-state index in [1.165, 1.54) is 47.0 Å². The van der Waals surface area contributed by atoms with Gasteiger partial charge in [0.2, 0.25) is 0 Å². The summed E-state index contributed by atoms with van der Waals surface area (Å²) in [5, 5.41) is 29.7. The Bertz CT molecular complexity index is 946. The molecule has 0 amide bonds. The predicted molar refractivity (Wildman–Crippen MR) is 80.8 cm³/mol. The molecule has 2 heterocycles. The van der Waals surface area contributed by atoms with Crippen LogP contribution in [0.1, 0.15) is 11.7 Å². The first-order valence-corrected chi connectivity index (χ1v) is 6.77. The maximum Gasteiger partial charge on any atom is 0.292 e. The first kappa shape index (κ1) is 14.9. The number of aromatic nitrogens is 4. The molecule has 0 aliphatic heterocycles. The molecule has 0 saturated heterocycles. The highest BCUT2D eigenvalue weighted by Crippen LogP contribution is 2.21. The minimum Gasteiger partial charge on any atom is -0.386 e. The van der Waals surface area contributed by atoms with Gasteiger partial charge in [0.1, 0.15) is 5.52 Å². The summed E-state index contributed by atoms with van der Waals surface area (Å²) in [6.07, 6.45) is 1.97. The van der Waals surface area contributed by atoms with Crippen molar-refractivity contribution in [3.63, 3.8) is 0 Å². The third-order valence-electron chi connectivity index (χ3n) is 3.55. The number of benzene rings is 1. The highest BCUT2D eigenvalue weighted by atomic mass is 16.6. The van der Waals surface area contributed by atoms with Gasteiger partial charge >= 0.3 is 0 Å². The number of non-ortho nitro benzene ring substituents is 1. The molecule has 0 spiro atoms. The van der Waals surface area contributed by atoms with E-state index in [1.54, 1.807) is 6.07 Å². The third-order valence-corrected chi connectivity index (χ3v) is 3.55. The van der Waals surface area contributed by atoms with Crippen LogP contribution < -0.4 is 5.56 Å². The second-order valence-corrected chi connectivity index (χ2v) is 5.07. The van der Waals surface area contributed by atoms with Gasteiger partial charge in [-0.1, -0.05) is 12.1 Å². The van der Waals surface area contributed by atoms with Gasteiger partial charge in [-0.05, 0) is 5.56 Å². The van der Waals surface area contributed by atoms with Crippen molar-refractivity contribution in [2.24, 2.45) is 7.05 Å². The molecule has 0 saturated carbocycles. The van der Waals surface area contributed by atoms with Crippen LogP contribution >= 0.6 is 0 Å². The van der Waals surface area contributed by atoms with E-state index in [0.717, 1.165) is 0 Å². The van der Waals surface area contributed by atoms with E-state index in [9.17, 15) is 20.0 Å². The summed E-state index contributed by atoms with van der Waals surface area (Å²) in [7, 11) is 1.52. The number of nitro benzene ring substituents is 1. The molecular weight excluding hydrogens is 302 g/mol. The minimum atomic E-state index is -1.03. The number of fused-ring (bicyclic) bond motifs is 1. The van der Waals surface area contributed by atoms with E-state index in [2.05, 4.69) is 10.2 Å². The van der Waals surface area contributed by atoms with Crippen LogP contribution in [0.3, 0.4) is 0 Å². The van der Waals surface area contributed by atoms with Crippen molar-refractivity contribution in [1.82, 2.24) is 19.6 Å². The van der Waals surface area contributed by atoms with E-state index >= 15 is 0 Å². The average molecular weight is 315 g/mol. The fourth-order valence-corrected chi connectivity index (χ4v) is 2.34. The molecule has 3 aromatic rings. The Morgan fingerprint density at radius 2 is 2.09 bits per heavy atom. The van der Waals surface area contributed by atoms with Gasteiger partial charge in [0.05, 0.1) is 30.0 Å². The molecule has 118 valence electrons. The summed E-state index contributed by atoms with van der Waals surface area (Å²) >= 11 is 0. The van der Waals surface area contributed by atoms with Crippen LogP contribution in [0.15, 0.2) is 41.5 Å². The van der Waals surface area contributed by atoms with E-state index < -0.39 is 11.0 Å².